The number of aliphatic hydroxyl groups is 1. The van der Waals surface area contributed by atoms with Gasteiger partial charge in [-0.2, -0.15) is 0 Å². The summed E-state index contributed by atoms with van der Waals surface area (Å²) in [6.45, 7) is 10.9. The number of ether oxygens (including phenoxy) is 1. The molecule has 166 valence electrons. The fraction of sp³-hybridized carbons (Fsp3) is 0.500. The number of aliphatic hydroxyl groups excluding tert-OH is 1. The maximum atomic E-state index is 12.1. The van der Waals surface area contributed by atoms with E-state index in [0.717, 1.165) is 6.42 Å². The molecule has 2 aromatic rings. The highest BCUT2D eigenvalue weighted by atomic mass is 28.4. The van der Waals surface area contributed by atoms with Gasteiger partial charge in [-0.15, -0.1) is 0 Å². The zero-order valence-electron chi connectivity index (χ0n) is 19.2. The van der Waals surface area contributed by atoms with Crippen molar-refractivity contribution in [2.24, 2.45) is 11.3 Å². The highest BCUT2D eigenvalue weighted by molar-refractivity contribution is 6.99. The Bertz CT molecular complexity index is 895. The van der Waals surface area contributed by atoms with Crippen LogP contribution < -0.4 is 10.4 Å². The molecular formula is C26H34O4Si. The van der Waals surface area contributed by atoms with Gasteiger partial charge in [0.25, 0.3) is 8.32 Å². The zero-order chi connectivity index (χ0) is 22.5. The van der Waals surface area contributed by atoms with E-state index in [-0.39, 0.29) is 28.9 Å². The van der Waals surface area contributed by atoms with Crippen molar-refractivity contribution in [1.29, 1.82) is 0 Å². The second-order valence-electron chi connectivity index (χ2n) is 10.7. The molecule has 1 heterocycles. The van der Waals surface area contributed by atoms with E-state index >= 15 is 0 Å². The average Bonchev–Trinajstić information content (AvgIpc) is 3.01. The normalized spacial score (nSPS) is 26.0. The summed E-state index contributed by atoms with van der Waals surface area (Å²) in [5.74, 6) is -0.146. The molecule has 0 radical (unpaired) electrons. The van der Waals surface area contributed by atoms with Crippen LogP contribution in [0.1, 0.15) is 47.5 Å². The number of fused-ring (bicyclic) bond motifs is 1. The first kappa shape index (κ1) is 22.2. The van der Waals surface area contributed by atoms with Crippen LogP contribution in [0.15, 0.2) is 60.7 Å². The van der Waals surface area contributed by atoms with Crippen molar-refractivity contribution in [3.63, 3.8) is 0 Å². The van der Waals surface area contributed by atoms with Gasteiger partial charge in [0.05, 0.1) is 13.0 Å². The summed E-state index contributed by atoms with van der Waals surface area (Å²) in [4.78, 5) is 12.1. The lowest BCUT2D eigenvalue weighted by atomic mass is 9.50. The topological polar surface area (TPSA) is 55.8 Å². The summed E-state index contributed by atoms with van der Waals surface area (Å²) in [5, 5.41) is 13.6. The standard InChI is InChI=1S/C26H34O4Si/c1-24(2,3)31(20-12-8-6-9-13-20,21-14-10-7-11-15-21)29-18-22(27)26-19(16-23(28)30-26)17-25(26,4)5/h6-15,19,22,27H,16-18H2,1-5H3/t19-,22-,26+/m0/s1. The van der Waals surface area contributed by atoms with Crippen molar-refractivity contribution >= 4 is 24.7 Å². The lowest BCUT2D eigenvalue weighted by Gasteiger charge is -2.58. The minimum absolute atomic E-state index is 0.0627. The third kappa shape index (κ3) is 3.29. The molecule has 2 fully saturated rings. The van der Waals surface area contributed by atoms with Gasteiger partial charge in [-0.1, -0.05) is 95.3 Å². The first-order valence-electron chi connectivity index (χ1n) is 11.2. The summed E-state index contributed by atoms with van der Waals surface area (Å²) in [7, 11) is -2.76. The number of carbonyl (C=O) groups excluding carboxylic acids is 1. The van der Waals surface area contributed by atoms with Gasteiger partial charge in [0.2, 0.25) is 0 Å². The maximum absolute atomic E-state index is 12.1. The van der Waals surface area contributed by atoms with E-state index in [4.69, 9.17) is 9.16 Å². The molecule has 1 saturated carbocycles. The Labute approximate surface area is 186 Å². The summed E-state index contributed by atoms with van der Waals surface area (Å²) in [6, 6.07) is 20.8. The van der Waals surface area contributed by atoms with Crippen LogP contribution >= 0.6 is 0 Å². The third-order valence-electron chi connectivity index (χ3n) is 7.49. The van der Waals surface area contributed by atoms with Gasteiger partial charge in [-0.3, -0.25) is 4.79 Å². The summed E-state index contributed by atoms with van der Waals surface area (Å²) in [6.07, 6.45) is 0.406. The van der Waals surface area contributed by atoms with Crippen LogP contribution in [0.5, 0.6) is 0 Å². The monoisotopic (exact) mass is 438 g/mol. The Morgan fingerprint density at radius 1 is 1.06 bits per heavy atom. The Hall–Kier alpha value is -1.95. The van der Waals surface area contributed by atoms with Crippen molar-refractivity contribution < 1.29 is 19.1 Å². The number of benzene rings is 2. The predicted molar refractivity (Wildman–Crippen MR) is 125 cm³/mol. The van der Waals surface area contributed by atoms with Gasteiger partial charge >= 0.3 is 5.97 Å². The van der Waals surface area contributed by atoms with Crippen LogP contribution in [0, 0.1) is 11.3 Å². The van der Waals surface area contributed by atoms with E-state index in [1.54, 1.807) is 0 Å². The molecular weight excluding hydrogens is 404 g/mol. The van der Waals surface area contributed by atoms with Gasteiger partial charge in [-0.05, 0) is 21.8 Å². The van der Waals surface area contributed by atoms with Crippen molar-refractivity contribution in [2.75, 3.05) is 6.61 Å². The molecule has 3 atom stereocenters. The largest absolute Gasteiger partial charge is 0.455 e. The lowest BCUT2D eigenvalue weighted by Crippen LogP contribution is -2.70. The van der Waals surface area contributed by atoms with Crippen LogP contribution in [0.4, 0.5) is 0 Å². The van der Waals surface area contributed by atoms with Crippen LogP contribution in [-0.2, 0) is 14.0 Å². The number of hydrogen-bond acceptors (Lipinski definition) is 4. The fourth-order valence-corrected chi connectivity index (χ4v) is 10.7. The van der Waals surface area contributed by atoms with E-state index in [0.29, 0.717) is 6.42 Å². The molecule has 5 heteroatoms. The van der Waals surface area contributed by atoms with E-state index in [2.05, 4.69) is 58.9 Å². The zero-order valence-corrected chi connectivity index (χ0v) is 20.2. The highest BCUT2D eigenvalue weighted by Crippen LogP contribution is 2.62. The molecule has 0 spiro atoms. The SMILES string of the molecule is CC1(C)C[C@@H]2CC(=O)O[C@@]21[C@@H](O)CO[Si](c1ccccc1)(c1ccccc1)C(C)(C)C. The number of carbonyl (C=O) groups is 1. The van der Waals surface area contributed by atoms with Gasteiger partial charge in [0.15, 0.2) is 0 Å². The number of hydrogen-bond donors (Lipinski definition) is 1. The van der Waals surface area contributed by atoms with Crippen LogP contribution in [0.25, 0.3) is 0 Å². The minimum Gasteiger partial charge on any atom is -0.455 e. The molecule has 1 saturated heterocycles. The molecule has 1 N–H and O–H groups in total. The van der Waals surface area contributed by atoms with Gasteiger partial charge in [0, 0.05) is 11.3 Å². The van der Waals surface area contributed by atoms with Crippen molar-refractivity contribution in [2.45, 2.75) is 64.2 Å². The second kappa shape index (κ2) is 7.57. The van der Waals surface area contributed by atoms with E-state index in [1.807, 2.05) is 36.4 Å². The summed E-state index contributed by atoms with van der Waals surface area (Å²) >= 11 is 0. The van der Waals surface area contributed by atoms with Gasteiger partial charge < -0.3 is 14.3 Å². The van der Waals surface area contributed by atoms with E-state index in [1.165, 1.54) is 10.4 Å². The Morgan fingerprint density at radius 2 is 1.58 bits per heavy atom. The lowest BCUT2D eigenvalue weighted by molar-refractivity contribution is -0.240. The van der Waals surface area contributed by atoms with Crippen molar-refractivity contribution in [3.05, 3.63) is 60.7 Å². The first-order chi connectivity index (χ1) is 14.5. The summed E-state index contributed by atoms with van der Waals surface area (Å²) < 4.78 is 12.7. The number of esters is 1. The molecule has 31 heavy (non-hydrogen) atoms. The smallest absolute Gasteiger partial charge is 0.306 e. The molecule has 1 aliphatic carbocycles. The van der Waals surface area contributed by atoms with E-state index in [9.17, 15) is 9.90 Å². The highest BCUT2D eigenvalue weighted by Gasteiger charge is 2.70. The molecule has 0 bridgehead atoms. The van der Waals surface area contributed by atoms with Crippen molar-refractivity contribution in [3.8, 4) is 0 Å². The average molecular weight is 439 g/mol. The Morgan fingerprint density at radius 3 is 2.00 bits per heavy atom. The quantitative estimate of drug-likeness (QED) is 0.552. The predicted octanol–water partition coefficient (Wildman–Crippen LogP) is 3.66. The molecule has 0 aromatic heterocycles. The molecule has 2 aromatic carbocycles. The van der Waals surface area contributed by atoms with E-state index < -0.39 is 20.0 Å². The molecule has 2 aliphatic rings. The van der Waals surface area contributed by atoms with Crippen molar-refractivity contribution in [1.82, 2.24) is 0 Å². The molecule has 1 aliphatic heterocycles. The van der Waals surface area contributed by atoms with Crippen LogP contribution in [0.3, 0.4) is 0 Å². The molecule has 4 rings (SSSR count). The fourth-order valence-electron chi connectivity index (χ4n) is 6.11. The Kier molecular flexibility index (Phi) is 5.44. The Balaban J connectivity index is 1.73. The maximum Gasteiger partial charge on any atom is 0.306 e. The third-order valence-corrected chi connectivity index (χ3v) is 12.5. The van der Waals surface area contributed by atoms with Crippen LogP contribution in [-0.4, -0.2) is 37.7 Å². The summed E-state index contributed by atoms with van der Waals surface area (Å²) in [5.41, 5.74) is -1.12. The second-order valence-corrected chi connectivity index (χ2v) is 15.1. The van der Waals surface area contributed by atoms with Gasteiger partial charge in [0.1, 0.15) is 11.7 Å². The minimum atomic E-state index is -2.76. The molecule has 0 amide bonds. The first-order valence-corrected chi connectivity index (χ1v) is 13.1. The number of rotatable bonds is 6. The van der Waals surface area contributed by atoms with Crippen LogP contribution in [0.2, 0.25) is 5.04 Å². The molecule has 4 nitrogen and oxygen atoms in total. The van der Waals surface area contributed by atoms with Gasteiger partial charge in [-0.25, -0.2) is 0 Å². The molecule has 0 unspecified atom stereocenters.